The monoisotopic (exact) mass is 449 g/mol. The third-order valence-electron chi connectivity index (χ3n) is 6.20. The van der Waals surface area contributed by atoms with Gasteiger partial charge in [0.05, 0.1) is 23.6 Å². The van der Waals surface area contributed by atoms with Crippen molar-refractivity contribution in [3.8, 4) is 0 Å². The number of aromatic nitrogens is 2. The quantitative estimate of drug-likeness (QED) is 0.420. The van der Waals surface area contributed by atoms with Crippen LogP contribution in [0.2, 0.25) is 0 Å². The topological polar surface area (TPSA) is 64.4 Å². The van der Waals surface area contributed by atoms with E-state index < -0.39 is 5.25 Å². The maximum absolute atomic E-state index is 13.5. The summed E-state index contributed by atoms with van der Waals surface area (Å²) < 4.78 is 7.54. The lowest BCUT2D eigenvalue weighted by molar-refractivity contribution is -0.129. The molecule has 32 heavy (non-hydrogen) atoms. The van der Waals surface area contributed by atoms with Gasteiger partial charge in [-0.2, -0.15) is 0 Å². The molecule has 2 unspecified atom stereocenters. The molecule has 0 aliphatic carbocycles. The van der Waals surface area contributed by atoms with Gasteiger partial charge in [0, 0.05) is 19.7 Å². The molecule has 2 aliphatic rings. The highest BCUT2D eigenvalue weighted by Gasteiger charge is 2.31. The van der Waals surface area contributed by atoms with Gasteiger partial charge in [0.2, 0.25) is 5.91 Å². The zero-order valence-corrected chi connectivity index (χ0v) is 18.8. The molecule has 2 fully saturated rings. The SMILES string of the molecule is O=C(C(Sc1nc2ccccc2c(=O)n1CC1CCCO1)c1ccccc1)N1CCCC1. The van der Waals surface area contributed by atoms with Crippen molar-refractivity contribution in [1.82, 2.24) is 14.5 Å². The number of hydrogen-bond donors (Lipinski definition) is 0. The predicted octanol–water partition coefficient (Wildman–Crippen LogP) is 4.03. The number of nitrogens with zero attached hydrogens (tertiary/aromatic N) is 3. The summed E-state index contributed by atoms with van der Waals surface area (Å²) in [5, 5.41) is 0.723. The van der Waals surface area contributed by atoms with Crippen LogP contribution in [0.5, 0.6) is 0 Å². The fraction of sp³-hybridized carbons (Fsp3) is 0.400. The summed E-state index contributed by atoms with van der Waals surface area (Å²) in [6.45, 7) is 2.76. The molecule has 2 aliphatic heterocycles. The summed E-state index contributed by atoms with van der Waals surface area (Å²) >= 11 is 1.38. The van der Waals surface area contributed by atoms with E-state index in [1.807, 2.05) is 59.5 Å². The number of rotatable bonds is 6. The first-order chi connectivity index (χ1) is 15.7. The zero-order chi connectivity index (χ0) is 21.9. The van der Waals surface area contributed by atoms with E-state index >= 15 is 0 Å². The van der Waals surface area contributed by atoms with Gasteiger partial charge in [0.15, 0.2) is 5.16 Å². The summed E-state index contributed by atoms with van der Waals surface area (Å²) in [6.07, 6.45) is 4.01. The molecule has 0 bridgehead atoms. The Labute approximate surface area is 191 Å². The van der Waals surface area contributed by atoms with Gasteiger partial charge < -0.3 is 9.64 Å². The van der Waals surface area contributed by atoms with Gasteiger partial charge in [-0.15, -0.1) is 0 Å². The van der Waals surface area contributed by atoms with Gasteiger partial charge in [0.1, 0.15) is 5.25 Å². The molecule has 1 amide bonds. The minimum absolute atomic E-state index is 0.000490. The number of ether oxygens (including phenoxy) is 1. The van der Waals surface area contributed by atoms with Crippen molar-refractivity contribution >= 4 is 28.6 Å². The Morgan fingerprint density at radius 1 is 1.06 bits per heavy atom. The molecule has 6 nitrogen and oxygen atoms in total. The molecule has 1 aromatic heterocycles. The maximum Gasteiger partial charge on any atom is 0.262 e. The summed E-state index contributed by atoms with van der Waals surface area (Å²) in [7, 11) is 0. The van der Waals surface area contributed by atoms with Gasteiger partial charge in [0.25, 0.3) is 5.56 Å². The Morgan fingerprint density at radius 2 is 1.81 bits per heavy atom. The lowest BCUT2D eigenvalue weighted by Gasteiger charge is -2.24. The van der Waals surface area contributed by atoms with Crippen LogP contribution >= 0.6 is 11.8 Å². The van der Waals surface area contributed by atoms with Crippen LogP contribution < -0.4 is 5.56 Å². The van der Waals surface area contributed by atoms with Gasteiger partial charge in [-0.3, -0.25) is 14.2 Å². The van der Waals surface area contributed by atoms with E-state index in [0.29, 0.717) is 22.6 Å². The molecule has 0 spiro atoms. The minimum Gasteiger partial charge on any atom is -0.376 e. The second-order valence-electron chi connectivity index (χ2n) is 8.40. The fourth-order valence-corrected chi connectivity index (χ4v) is 5.68. The summed E-state index contributed by atoms with van der Waals surface area (Å²) in [6, 6.07) is 17.2. The highest BCUT2D eigenvalue weighted by molar-refractivity contribution is 8.00. The fourth-order valence-electron chi connectivity index (χ4n) is 4.49. The molecule has 0 saturated carbocycles. The molecule has 0 radical (unpaired) electrons. The second-order valence-corrected chi connectivity index (χ2v) is 9.48. The molecule has 3 aromatic rings. The van der Waals surface area contributed by atoms with E-state index in [4.69, 9.17) is 9.72 Å². The van der Waals surface area contributed by atoms with Crippen LogP contribution in [0.4, 0.5) is 0 Å². The number of carbonyl (C=O) groups excluding carboxylic acids is 1. The van der Waals surface area contributed by atoms with E-state index in [0.717, 1.165) is 50.9 Å². The highest BCUT2D eigenvalue weighted by atomic mass is 32.2. The maximum atomic E-state index is 13.5. The highest BCUT2D eigenvalue weighted by Crippen LogP contribution is 2.37. The van der Waals surface area contributed by atoms with Crippen LogP contribution in [0.15, 0.2) is 64.5 Å². The first kappa shape index (κ1) is 21.2. The normalized spacial score (nSPS) is 19.5. The minimum atomic E-state index is -0.446. The molecule has 166 valence electrons. The molecular formula is C25H27N3O3S. The Kier molecular flexibility index (Phi) is 6.28. The largest absolute Gasteiger partial charge is 0.376 e. The van der Waals surface area contributed by atoms with Gasteiger partial charge in [-0.25, -0.2) is 4.98 Å². The van der Waals surface area contributed by atoms with Crippen molar-refractivity contribution in [1.29, 1.82) is 0 Å². The van der Waals surface area contributed by atoms with E-state index in [1.54, 1.807) is 4.57 Å². The molecule has 2 saturated heterocycles. The van der Waals surface area contributed by atoms with Gasteiger partial charge in [-0.05, 0) is 43.4 Å². The van der Waals surface area contributed by atoms with Gasteiger partial charge in [-0.1, -0.05) is 54.2 Å². The Balaban J connectivity index is 1.57. The summed E-state index contributed by atoms with van der Waals surface area (Å²) in [5.74, 6) is 0.0878. The smallest absolute Gasteiger partial charge is 0.262 e. The molecule has 3 heterocycles. The zero-order valence-electron chi connectivity index (χ0n) is 18.0. The first-order valence-electron chi connectivity index (χ1n) is 11.3. The molecule has 0 N–H and O–H groups in total. The van der Waals surface area contributed by atoms with E-state index in [2.05, 4.69) is 0 Å². The summed E-state index contributed by atoms with van der Waals surface area (Å²) in [4.78, 5) is 33.8. The number of para-hydroxylation sites is 1. The number of likely N-dealkylation sites (tertiary alicyclic amines) is 1. The third kappa shape index (κ3) is 4.32. The van der Waals surface area contributed by atoms with Gasteiger partial charge >= 0.3 is 0 Å². The van der Waals surface area contributed by atoms with E-state index in [9.17, 15) is 9.59 Å². The van der Waals surface area contributed by atoms with E-state index in [1.165, 1.54) is 11.8 Å². The third-order valence-corrected chi connectivity index (χ3v) is 7.44. The number of thioether (sulfide) groups is 1. The number of carbonyl (C=O) groups is 1. The number of hydrogen-bond acceptors (Lipinski definition) is 5. The molecule has 7 heteroatoms. The van der Waals surface area contributed by atoms with Crippen LogP contribution in [0.25, 0.3) is 10.9 Å². The van der Waals surface area contributed by atoms with Crippen molar-refractivity contribution in [2.75, 3.05) is 19.7 Å². The Morgan fingerprint density at radius 3 is 2.56 bits per heavy atom. The Hall–Kier alpha value is -2.64. The van der Waals surface area contributed by atoms with Crippen LogP contribution in [0, 0.1) is 0 Å². The van der Waals surface area contributed by atoms with Crippen LogP contribution in [-0.2, 0) is 16.1 Å². The van der Waals surface area contributed by atoms with Crippen molar-refractivity contribution in [3.63, 3.8) is 0 Å². The van der Waals surface area contributed by atoms with Crippen LogP contribution in [0.1, 0.15) is 36.5 Å². The first-order valence-corrected chi connectivity index (χ1v) is 12.2. The van der Waals surface area contributed by atoms with Crippen molar-refractivity contribution in [2.24, 2.45) is 0 Å². The lowest BCUT2D eigenvalue weighted by atomic mass is 10.1. The number of benzene rings is 2. The number of fused-ring (bicyclic) bond motifs is 1. The van der Waals surface area contributed by atoms with Crippen LogP contribution in [0.3, 0.4) is 0 Å². The number of amides is 1. The summed E-state index contributed by atoms with van der Waals surface area (Å²) in [5.41, 5.74) is 1.51. The average molecular weight is 450 g/mol. The standard InChI is InChI=1S/C25H27N3O3S/c29-23-20-12-4-5-13-21(20)26-25(28(23)17-19-11-8-16-31-19)32-22(18-9-2-1-3-10-18)24(30)27-14-6-7-15-27/h1-5,9-10,12-13,19,22H,6-8,11,14-17H2. The molecular weight excluding hydrogens is 422 g/mol. The van der Waals surface area contributed by atoms with Crippen LogP contribution in [-0.4, -0.2) is 46.2 Å². The molecule has 5 rings (SSSR count). The van der Waals surface area contributed by atoms with Crippen molar-refractivity contribution in [3.05, 3.63) is 70.5 Å². The molecule has 2 atom stereocenters. The molecule has 2 aromatic carbocycles. The Bertz CT molecular complexity index is 1150. The van der Waals surface area contributed by atoms with Crippen molar-refractivity contribution < 1.29 is 9.53 Å². The second kappa shape index (κ2) is 9.46. The lowest BCUT2D eigenvalue weighted by Crippen LogP contribution is -2.33. The van der Waals surface area contributed by atoms with E-state index in [-0.39, 0.29) is 17.6 Å². The van der Waals surface area contributed by atoms with Crippen molar-refractivity contribution in [2.45, 2.75) is 48.7 Å². The predicted molar refractivity (Wildman–Crippen MR) is 126 cm³/mol. The average Bonchev–Trinajstić information content (AvgIpc) is 3.54.